The third kappa shape index (κ3) is 4.81. The van der Waals surface area contributed by atoms with Crippen LogP contribution in [0.15, 0.2) is 0 Å². The molecule has 1 aromatic rings. The Morgan fingerprint density at radius 3 is 2.85 bits per heavy atom. The largest absolute Gasteiger partial charge is 0.378 e. The molecule has 0 aliphatic carbocycles. The van der Waals surface area contributed by atoms with Gasteiger partial charge in [0.2, 0.25) is 0 Å². The van der Waals surface area contributed by atoms with Crippen LogP contribution in [-0.4, -0.2) is 30.3 Å². The Kier molecular flexibility index (Phi) is 5.55. The monoisotopic (exact) mass is 298 g/mol. The minimum absolute atomic E-state index is 0.114. The van der Waals surface area contributed by atoms with Crippen LogP contribution >= 0.6 is 11.3 Å². The minimum atomic E-state index is 0.114. The SMILES string of the molecule is COCc1nc(CC2CCCO2)sc1CNC(C)(C)C. The summed E-state index contributed by atoms with van der Waals surface area (Å²) in [7, 11) is 1.72. The number of thiazole rings is 1. The van der Waals surface area contributed by atoms with Gasteiger partial charge in [0.15, 0.2) is 0 Å². The molecule has 1 fully saturated rings. The number of hydrogen-bond donors (Lipinski definition) is 1. The van der Waals surface area contributed by atoms with Gasteiger partial charge in [0.1, 0.15) is 0 Å². The summed E-state index contributed by atoms with van der Waals surface area (Å²) in [5.74, 6) is 0. The molecule has 2 heterocycles. The summed E-state index contributed by atoms with van der Waals surface area (Å²) < 4.78 is 11.0. The molecule has 0 bridgehead atoms. The highest BCUT2D eigenvalue weighted by molar-refractivity contribution is 7.11. The fraction of sp³-hybridized carbons (Fsp3) is 0.800. The molecule has 0 spiro atoms. The topological polar surface area (TPSA) is 43.4 Å². The highest BCUT2D eigenvalue weighted by Crippen LogP contribution is 2.24. The quantitative estimate of drug-likeness (QED) is 0.877. The molecule has 0 saturated carbocycles. The fourth-order valence-electron chi connectivity index (χ4n) is 2.26. The van der Waals surface area contributed by atoms with Crippen molar-refractivity contribution in [1.29, 1.82) is 0 Å². The fourth-order valence-corrected chi connectivity index (χ4v) is 3.33. The molecule has 4 nitrogen and oxygen atoms in total. The van der Waals surface area contributed by atoms with E-state index in [2.05, 4.69) is 26.1 Å². The van der Waals surface area contributed by atoms with Crippen LogP contribution in [0.2, 0.25) is 0 Å². The van der Waals surface area contributed by atoms with Gasteiger partial charge >= 0.3 is 0 Å². The normalized spacial score (nSPS) is 19.7. The standard InChI is InChI=1S/C15H26N2O2S/c1-15(2,3)16-9-13-12(10-18-4)17-14(20-13)8-11-6-5-7-19-11/h11,16H,5-10H2,1-4H3. The van der Waals surface area contributed by atoms with Crippen molar-refractivity contribution in [3.63, 3.8) is 0 Å². The lowest BCUT2D eigenvalue weighted by atomic mass is 10.1. The average Bonchev–Trinajstić information content (AvgIpc) is 2.97. The first-order chi connectivity index (χ1) is 9.48. The van der Waals surface area contributed by atoms with E-state index in [1.807, 2.05) is 0 Å². The van der Waals surface area contributed by atoms with Crippen LogP contribution in [0.25, 0.3) is 0 Å². The van der Waals surface area contributed by atoms with Crippen molar-refractivity contribution in [2.45, 2.75) is 64.8 Å². The van der Waals surface area contributed by atoms with Crippen LogP contribution in [0.4, 0.5) is 0 Å². The van der Waals surface area contributed by atoms with E-state index in [1.54, 1.807) is 18.4 Å². The predicted octanol–water partition coefficient (Wildman–Crippen LogP) is 2.90. The van der Waals surface area contributed by atoms with Crippen molar-refractivity contribution in [2.24, 2.45) is 0 Å². The van der Waals surface area contributed by atoms with Gasteiger partial charge in [-0.1, -0.05) is 0 Å². The van der Waals surface area contributed by atoms with Gasteiger partial charge in [-0.05, 0) is 33.6 Å². The van der Waals surface area contributed by atoms with Gasteiger partial charge in [-0.25, -0.2) is 4.98 Å². The van der Waals surface area contributed by atoms with Gasteiger partial charge < -0.3 is 14.8 Å². The second-order valence-electron chi connectivity index (χ2n) is 6.35. The molecule has 2 rings (SSSR count). The zero-order chi connectivity index (χ0) is 14.6. The van der Waals surface area contributed by atoms with E-state index in [0.717, 1.165) is 31.7 Å². The number of aromatic nitrogens is 1. The van der Waals surface area contributed by atoms with E-state index in [-0.39, 0.29) is 5.54 Å². The van der Waals surface area contributed by atoms with E-state index in [1.165, 1.54) is 16.3 Å². The molecule has 0 radical (unpaired) electrons. The maximum atomic E-state index is 5.70. The van der Waals surface area contributed by atoms with Gasteiger partial charge in [-0.2, -0.15) is 0 Å². The van der Waals surface area contributed by atoms with Crippen molar-refractivity contribution in [3.05, 3.63) is 15.6 Å². The number of nitrogens with one attached hydrogen (secondary N) is 1. The van der Waals surface area contributed by atoms with Gasteiger partial charge in [0, 0.05) is 37.1 Å². The molecule has 1 aromatic heterocycles. The molecular formula is C15H26N2O2S. The van der Waals surface area contributed by atoms with Crippen molar-refractivity contribution in [2.75, 3.05) is 13.7 Å². The second kappa shape index (κ2) is 6.98. The first-order valence-electron chi connectivity index (χ1n) is 7.31. The van der Waals surface area contributed by atoms with Gasteiger partial charge in [0.05, 0.1) is 23.4 Å². The van der Waals surface area contributed by atoms with E-state index < -0.39 is 0 Å². The zero-order valence-electron chi connectivity index (χ0n) is 13.0. The van der Waals surface area contributed by atoms with Gasteiger partial charge in [-0.3, -0.25) is 0 Å². The van der Waals surface area contributed by atoms with Crippen LogP contribution in [-0.2, 0) is 29.0 Å². The number of hydrogen-bond acceptors (Lipinski definition) is 5. The highest BCUT2D eigenvalue weighted by Gasteiger charge is 2.20. The molecule has 5 heteroatoms. The van der Waals surface area contributed by atoms with E-state index in [9.17, 15) is 0 Å². The lowest BCUT2D eigenvalue weighted by Crippen LogP contribution is -2.35. The maximum absolute atomic E-state index is 5.70. The van der Waals surface area contributed by atoms with Crippen LogP contribution in [0.5, 0.6) is 0 Å². The Bertz CT molecular complexity index is 420. The molecule has 1 unspecified atom stereocenters. The summed E-state index contributed by atoms with van der Waals surface area (Å²) in [5, 5.41) is 4.70. The molecule has 1 aliphatic heterocycles. The number of nitrogens with zero attached hydrogens (tertiary/aromatic N) is 1. The summed E-state index contributed by atoms with van der Waals surface area (Å²) in [6, 6.07) is 0. The average molecular weight is 298 g/mol. The van der Waals surface area contributed by atoms with E-state index in [0.29, 0.717) is 12.7 Å². The lowest BCUT2D eigenvalue weighted by molar-refractivity contribution is 0.111. The number of rotatable bonds is 6. The molecule has 1 saturated heterocycles. The predicted molar refractivity (Wildman–Crippen MR) is 82.1 cm³/mol. The summed E-state index contributed by atoms with van der Waals surface area (Å²) in [4.78, 5) is 6.02. The summed E-state index contributed by atoms with van der Waals surface area (Å²) in [5.41, 5.74) is 1.19. The molecule has 1 N–H and O–H groups in total. The van der Waals surface area contributed by atoms with Crippen LogP contribution in [0.3, 0.4) is 0 Å². The minimum Gasteiger partial charge on any atom is -0.378 e. The third-order valence-electron chi connectivity index (χ3n) is 3.31. The van der Waals surface area contributed by atoms with E-state index in [4.69, 9.17) is 14.5 Å². The van der Waals surface area contributed by atoms with Crippen molar-refractivity contribution in [1.82, 2.24) is 10.3 Å². The number of methoxy groups -OCH3 is 1. The smallest absolute Gasteiger partial charge is 0.0958 e. The van der Waals surface area contributed by atoms with Crippen molar-refractivity contribution < 1.29 is 9.47 Å². The van der Waals surface area contributed by atoms with Gasteiger partial charge in [-0.15, -0.1) is 11.3 Å². The Hall–Kier alpha value is -0.490. The van der Waals surface area contributed by atoms with Crippen LogP contribution in [0, 0.1) is 0 Å². The Balaban J connectivity index is 2.02. The highest BCUT2D eigenvalue weighted by atomic mass is 32.1. The Morgan fingerprint density at radius 2 is 2.25 bits per heavy atom. The number of ether oxygens (including phenoxy) is 2. The van der Waals surface area contributed by atoms with Crippen LogP contribution in [0.1, 0.15) is 49.2 Å². The third-order valence-corrected chi connectivity index (χ3v) is 4.43. The lowest BCUT2D eigenvalue weighted by Gasteiger charge is -2.20. The molecule has 1 atom stereocenters. The molecule has 1 aliphatic rings. The molecule has 0 aromatic carbocycles. The summed E-state index contributed by atoms with van der Waals surface area (Å²) in [6.45, 7) is 8.87. The molecule has 114 valence electrons. The first kappa shape index (κ1) is 15.9. The van der Waals surface area contributed by atoms with Crippen LogP contribution < -0.4 is 5.32 Å². The Labute approximate surface area is 125 Å². The first-order valence-corrected chi connectivity index (χ1v) is 8.12. The molecule has 20 heavy (non-hydrogen) atoms. The second-order valence-corrected chi connectivity index (χ2v) is 7.52. The van der Waals surface area contributed by atoms with E-state index >= 15 is 0 Å². The van der Waals surface area contributed by atoms with Gasteiger partial charge in [0.25, 0.3) is 0 Å². The molecular weight excluding hydrogens is 272 g/mol. The maximum Gasteiger partial charge on any atom is 0.0958 e. The summed E-state index contributed by atoms with van der Waals surface area (Å²) >= 11 is 1.79. The zero-order valence-corrected chi connectivity index (χ0v) is 13.8. The Morgan fingerprint density at radius 1 is 1.45 bits per heavy atom. The van der Waals surface area contributed by atoms with Crippen molar-refractivity contribution in [3.8, 4) is 0 Å². The molecule has 0 amide bonds. The van der Waals surface area contributed by atoms with Crippen molar-refractivity contribution >= 4 is 11.3 Å². The summed E-state index contributed by atoms with van der Waals surface area (Å²) in [6.07, 6.45) is 3.64.